The van der Waals surface area contributed by atoms with Crippen molar-refractivity contribution >= 4 is 11.7 Å². The van der Waals surface area contributed by atoms with Gasteiger partial charge in [0.05, 0.1) is 19.4 Å². The minimum absolute atomic E-state index is 0.0835. The van der Waals surface area contributed by atoms with Crippen LogP contribution in [0.3, 0.4) is 0 Å². The van der Waals surface area contributed by atoms with Gasteiger partial charge in [0.15, 0.2) is 0 Å². The lowest BCUT2D eigenvalue weighted by Gasteiger charge is -2.48. The van der Waals surface area contributed by atoms with Gasteiger partial charge in [0.25, 0.3) is 5.91 Å². The topological polar surface area (TPSA) is 132 Å². The normalized spacial score (nSPS) is 19.6. The lowest BCUT2D eigenvalue weighted by molar-refractivity contribution is -0.0278. The first kappa shape index (κ1) is 25.7. The highest BCUT2D eigenvalue weighted by molar-refractivity contribution is 5.96. The van der Waals surface area contributed by atoms with Crippen molar-refractivity contribution < 1.29 is 23.4 Å². The highest BCUT2D eigenvalue weighted by Crippen LogP contribution is 2.36. The number of hydrogen-bond donors (Lipinski definition) is 4. The van der Waals surface area contributed by atoms with Crippen molar-refractivity contribution in [2.75, 3.05) is 19.0 Å². The fourth-order valence-electron chi connectivity index (χ4n) is 4.47. The Balaban J connectivity index is 1.79. The third kappa shape index (κ3) is 4.58. The Labute approximate surface area is 207 Å². The summed E-state index contributed by atoms with van der Waals surface area (Å²) < 4.78 is 35.6. The number of aliphatic hydroxyl groups excluding tert-OH is 1. The van der Waals surface area contributed by atoms with Crippen molar-refractivity contribution in [3.8, 4) is 11.1 Å². The predicted molar refractivity (Wildman–Crippen MR) is 131 cm³/mol. The van der Waals surface area contributed by atoms with Gasteiger partial charge in [0.2, 0.25) is 0 Å². The van der Waals surface area contributed by atoms with E-state index >= 15 is 0 Å². The number of carbonyl (C=O) groups excluding carboxylic acids is 1. The van der Waals surface area contributed by atoms with Crippen molar-refractivity contribution in [3.63, 3.8) is 0 Å². The van der Waals surface area contributed by atoms with Gasteiger partial charge in [-0.25, -0.2) is 13.8 Å². The number of amides is 1. The molecule has 3 aromatic rings. The lowest BCUT2D eigenvalue weighted by Crippen LogP contribution is -2.70. The second-order valence-electron chi connectivity index (χ2n) is 9.20. The van der Waals surface area contributed by atoms with Gasteiger partial charge in [-0.05, 0) is 49.2 Å². The van der Waals surface area contributed by atoms with E-state index in [1.54, 1.807) is 12.3 Å². The highest BCUT2D eigenvalue weighted by atomic mass is 19.1. The number of aromatic nitrogens is 2. The van der Waals surface area contributed by atoms with Crippen LogP contribution in [0.25, 0.3) is 11.1 Å². The number of halogens is 2. The minimum atomic E-state index is -1.52. The smallest absolute Gasteiger partial charge is 0.272 e. The summed E-state index contributed by atoms with van der Waals surface area (Å²) in [5, 5.41) is 12.9. The van der Waals surface area contributed by atoms with Crippen molar-refractivity contribution in [2.45, 2.75) is 44.9 Å². The number of hydrogen-bond acceptors (Lipinski definition) is 7. The van der Waals surface area contributed by atoms with E-state index in [9.17, 15) is 18.7 Å². The molecule has 2 atom stereocenters. The van der Waals surface area contributed by atoms with Gasteiger partial charge in [-0.2, -0.15) is 0 Å². The Bertz CT molecular complexity index is 1280. The molecule has 1 aromatic carbocycles. The maximum absolute atomic E-state index is 14.8. The maximum Gasteiger partial charge on any atom is 0.272 e. The van der Waals surface area contributed by atoms with Crippen molar-refractivity contribution in [1.29, 1.82) is 0 Å². The summed E-state index contributed by atoms with van der Waals surface area (Å²) in [5.74, 6) is -1.09. The van der Waals surface area contributed by atoms with Crippen LogP contribution in [0.2, 0.25) is 0 Å². The quantitative estimate of drug-likeness (QED) is 0.374. The van der Waals surface area contributed by atoms with Crippen LogP contribution in [0, 0.1) is 11.6 Å². The fraction of sp³-hybridized carbons (Fsp3) is 0.360. The van der Waals surface area contributed by atoms with E-state index in [2.05, 4.69) is 10.3 Å². The van der Waals surface area contributed by atoms with Gasteiger partial charge in [0, 0.05) is 37.0 Å². The molecule has 0 radical (unpaired) electrons. The van der Waals surface area contributed by atoms with E-state index in [-0.39, 0.29) is 37.1 Å². The first-order chi connectivity index (χ1) is 17.1. The molecule has 192 valence electrons. The number of carbonyl (C=O) groups is 1. The first-order valence-corrected chi connectivity index (χ1v) is 11.5. The number of pyridine rings is 1. The molecule has 0 aliphatic carbocycles. The number of benzene rings is 1. The lowest BCUT2D eigenvalue weighted by atomic mass is 9.99. The Hall–Kier alpha value is -3.38. The van der Waals surface area contributed by atoms with E-state index in [0.29, 0.717) is 22.5 Å². The van der Waals surface area contributed by atoms with Crippen molar-refractivity contribution in [1.82, 2.24) is 14.5 Å². The molecular weight excluding hydrogens is 470 g/mol. The molecule has 0 fully saturated rings. The summed E-state index contributed by atoms with van der Waals surface area (Å²) in [6, 6.07) is 7.11. The van der Waals surface area contributed by atoms with Gasteiger partial charge < -0.3 is 36.1 Å². The van der Waals surface area contributed by atoms with Gasteiger partial charge in [-0.1, -0.05) is 6.07 Å². The average molecular weight is 501 g/mol. The third-order valence-electron chi connectivity index (χ3n) is 6.27. The second-order valence-corrected chi connectivity index (χ2v) is 9.20. The molecule has 11 heteroatoms. The standard InChI is InChI=1S/C25H30F2N6O3/c1-14(2)31-22-8-19(20(27)9-30-22)17-7-21-23(35)33(11-16-6-18(26)5-4-15(16)12-34)25(29,13-36-3)24(28)32(21)10-17/h4-10,14,24,34H,11-13,28-29H2,1-3H3,(H,30,31)/t24?,25-/m0/s1. The van der Waals surface area contributed by atoms with Gasteiger partial charge in [-0.3, -0.25) is 4.79 Å². The summed E-state index contributed by atoms with van der Waals surface area (Å²) in [7, 11) is 1.43. The number of fused-ring (bicyclic) bond motifs is 1. The molecule has 6 N–H and O–H groups in total. The van der Waals surface area contributed by atoms with Crippen LogP contribution < -0.4 is 16.8 Å². The zero-order valence-electron chi connectivity index (χ0n) is 20.3. The van der Waals surface area contributed by atoms with Gasteiger partial charge in [0.1, 0.15) is 35.0 Å². The predicted octanol–water partition coefficient (Wildman–Crippen LogP) is 2.56. The van der Waals surface area contributed by atoms with Crippen LogP contribution in [0.4, 0.5) is 14.6 Å². The molecule has 4 rings (SSSR count). The number of nitrogens with one attached hydrogen (secondary N) is 1. The zero-order valence-corrected chi connectivity index (χ0v) is 20.3. The van der Waals surface area contributed by atoms with Crippen LogP contribution in [0.5, 0.6) is 0 Å². The Kier molecular flexibility index (Phi) is 7.10. The Morgan fingerprint density at radius 2 is 2.00 bits per heavy atom. The van der Waals surface area contributed by atoms with Gasteiger partial charge in [-0.15, -0.1) is 0 Å². The fourth-order valence-corrected chi connectivity index (χ4v) is 4.47. The highest BCUT2D eigenvalue weighted by Gasteiger charge is 2.48. The molecule has 0 spiro atoms. The number of ether oxygens (including phenoxy) is 1. The van der Waals surface area contributed by atoms with Crippen LogP contribution in [-0.4, -0.2) is 50.9 Å². The molecule has 1 amide bonds. The summed E-state index contributed by atoms with van der Waals surface area (Å²) in [5.41, 5.74) is 13.4. The summed E-state index contributed by atoms with van der Waals surface area (Å²) in [4.78, 5) is 19.1. The molecule has 1 unspecified atom stereocenters. The van der Waals surface area contributed by atoms with Crippen LogP contribution in [-0.2, 0) is 17.9 Å². The molecule has 0 bridgehead atoms. The van der Waals surface area contributed by atoms with Gasteiger partial charge >= 0.3 is 0 Å². The molecule has 0 saturated heterocycles. The Morgan fingerprint density at radius 3 is 2.67 bits per heavy atom. The maximum atomic E-state index is 14.8. The van der Waals surface area contributed by atoms with Crippen molar-refractivity contribution in [3.05, 3.63) is 71.2 Å². The van der Waals surface area contributed by atoms with E-state index in [1.807, 2.05) is 13.8 Å². The van der Waals surface area contributed by atoms with Crippen molar-refractivity contribution in [2.24, 2.45) is 11.5 Å². The third-order valence-corrected chi connectivity index (χ3v) is 6.27. The molecule has 3 heterocycles. The monoisotopic (exact) mass is 500 g/mol. The average Bonchev–Trinajstić information content (AvgIpc) is 3.27. The molecule has 1 aliphatic rings. The number of rotatable bonds is 8. The van der Waals surface area contributed by atoms with Crippen LogP contribution in [0.1, 0.15) is 41.6 Å². The van der Waals surface area contributed by atoms with Crippen LogP contribution in [0.15, 0.2) is 42.7 Å². The SMILES string of the molecule is COC[C@@]1(N)C(N)n2cc(-c3cc(NC(C)C)ncc3F)cc2C(=O)N1Cc1cc(F)ccc1CO. The molecule has 0 saturated carbocycles. The number of anilines is 1. The van der Waals surface area contributed by atoms with E-state index in [0.717, 1.165) is 6.20 Å². The number of aliphatic hydroxyl groups is 1. The minimum Gasteiger partial charge on any atom is -0.392 e. The van der Waals surface area contributed by atoms with Crippen LogP contribution >= 0.6 is 0 Å². The number of nitrogens with zero attached hydrogens (tertiary/aromatic N) is 3. The van der Waals surface area contributed by atoms with E-state index in [4.69, 9.17) is 16.2 Å². The zero-order chi connectivity index (χ0) is 26.2. The second kappa shape index (κ2) is 9.94. The van der Waals surface area contributed by atoms with E-state index < -0.39 is 29.4 Å². The van der Waals surface area contributed by atoms with E-state index in [1.165, 1.54) is 40.8 Å². The largest absolute Gasteiger partial charge is 0.392 e. The molecule has 2 aromatic heterocycles. The number of methoxy groups -OCH3 is 1. The Morgan fingerprint density at radius 1 is 1.25 bits per heavy atom. The summed E-state index contributed by atoms with van der Waals surface area (Å²) in [6.07, 6.45) is 1.72. The molecule has 9 nitrogen and oxygen atoms in total. The molecule has 1 aliphatic heterocycles. The molecular formula is C25H30F2N6O3. The molecule has 36 heavy (non-hydrogen) atoms. The first-order valence-electron chi connectivity index (χ1n) is 11.5. The number of nitrogens with two attached hydrogens (primary N) is 2. The summed E-state index contributed by atoms with van der Waals surface area (Å²) >= 11 is 0. The summed E-state index contributed by atoms with van der Waals surface area (Å²) in [6.45, 7) is 3.28.